The zero-order valence-corrected chi connectivity index (χ0v) is 5.78. The highest BCUT2D eigenvalue weighted by atomic mass is 35.5. The van der Waals surface area contributed by atoms with E-state index < -0.39 is 0 Å². The summed E-state index contributed by atoms with van der Waals surface area (Å²) in [5, 5.41) is 0. The lowest BCUT2D eigenvalue weighted by atomic mass is 10.9. The molecule has 4 heteroatoms. The Hall–Kier alpha value is 0.400. The molecule has 0 atom stereocenters. The van der Waals surface area contributed by atoms with Crippen molar-refractivity contribution in [2.45, 2.75) is 0 Å². The Labute approximate surface area is 56.4 Å². The molecule has 0 N–H and O–H groups in total. The number of aldehydes is 1. The molecule has 0 saturated carbocycles. The monoisotopic (exact) mass is 154 g/mol. The van der Waals surface area contributed by atoms with Crippen molar-refractivity contribution in [1.82, 2.24) is 0 Å². The Morgan fingerprint density at radius 2 is 2.57 bits per heavy atom. The van der Waals surface area contributed by atoms with E-state index in [4.69, 9.17) is 11.6 Å². The summed E-state index contributed by atoms with van der Waals surface area (Å²) < 4.78 is 0.298. The van der Waals surface area contributed by atoms with Crippen LogP contribution >= 0.6 is 35.6 Å². The molecule has 0 amide bonds. The summed E-state index contributed by atoms with van der Waals surface area (Å²) in [7, 11) is 0. The summed E-state index contributed by atoms with van der Waals surface area (Å²) in [5.41, 5.74) is 0. The van der Waals surface area contributed by atoms with Gasteiger partial charge in [0.05, 0.1) is 5.75 Å². The Kier molecular flexibility index (Phi) is 4.82. The Balaban J connectivity index is 2.97. The van der Waals surface area contributed by atoms with Crippen molar-refractivity contribution in [3.8, 4) is 0 Å². The Bertz CT molecular complexity index is 83.0. The van der Waals surface area contributed by atoms with Gasteiger partial charge >= 0.3 is 0 Å². The summed E-state index contributed by atoms with van der Waals surface area (Å²) in [5.74, 6) is 0.363. The van der Waals surface area contributed by atoms with Crippen molar-refractivity contribution >= 4 is 45.5 Å². The molecule has 0 aliphatic carbocycles. The molecule has 0 bridgehead atoms. The average Bonchev–Trinajstić information content (AvgIpc) is 1.61. The number of thioether (sulfide) groups is 1. The molecule has 0 aliphatic heterocycles. The van der Waals surface area contributed by atoms with E-state index in [0.29, 0.717) is 9.41 Å². The molecule has 0 aromatic rings. The predicted octanol–water partition coefficient (Wildman–Crippen LogP) is 1.44. The summed E-state index contributed by atoms with van der Waals surface area (Å²) >= 11 is 10.8. The second kappa shape index (κ2) is 4.56. The van der Waals surface area contributed by atoms with Gasteiger partial charge in [-0.3, -0.25) is 0 Å². The minimum atomic E-state index is 0.298. The van der Waals surface area contributed by atoms with Crippen LogP contribution in [0.1, 0.15) is 0 Å². The topological polar surface area (TPSA) is 17.1 Å². The molecule has 0 rings (SSSR count). The van der Waals surface area contributed by atoms with Gasteiger partial charge in [-0.1, -0.05) is 35.6 Å². The number of hydrogen-bond donors (Lipinski definition) is 0. The van der Waals surface area contributed by atoms with E-state index in [1.165, 1.54) is 0 Å². The van der Waals surface area contributed by atoms with Crippen molar-refractivity contribution in [2.75, 3.05) is 5.75 Å². The molecule has 0 fully saturated rings. The normalized spacial score (nSPS) is 8.14. The number of carbonyl (C=O) groups excluding carboxylic acids is 1. The van der Waals surface area contributed by atoms with Crippen molar-refractivity contribution in [1.29, 1.82) is 0 Å². The van der Waals surface area contributed by atoms with E-state index in [0.717, 1.165) is 18.0 Å². The van der Waals surface area contributed by atoms with Gasteiger partial charge in [-0.2, -0.15) is 0 Å². The Morgan fingerprint density at radius 1 is 2.00 bits per heavy atom. The van der Waals surface area contributed by atoms with Crippen LogP contribution in [0, 0.1) is 0 Å². The molecule has 0 unspecified atom stereocenters. The maximum atomic E-state index is 9.57. The highest BCUT2D eigenvalue weighted by Gasteiger charge is 1.86. The smallest absolute Gasteiger partial charge is 0.137 e. The van der Waals surface area contributed by atoms with Gasteiger partial charge in [-0.15, -0.1) is 0 Å². The Morgan fingerprint density at radius 3 is 2.71 bits per heavy atom. The van der Waals surface area contributed by atoms with Crippen molar-refractivity contribution in [3.05, 3.63) is 0 Å². The fourth-order valence-corrected chi connectivity index (χ4v) is 0.692. The molecule has 1 nitrogen and oxygen atoms in total. The minimum absolute atomic E-state index is 0.298. The van der Waals surface area contributed by atoms with E-state index in [1.807, 2.05) is 0 Å². The molecular weight excluding hydrogens is 152 g/mol. The SMILES string of the molecule is O=CCSC(=S)Cl. The first-order valence-corrected chi connectivity index (χ1v) is 3.30. The predicted molar refractivity (Wildman–Crippen MR) is 37.0 cm³/mol. The highest BCUT2D eigenvalue weighted by molar-refractivity contribution is 8.26. The first kappa shape index (κ1) is 7.40. The van der Waals surface area contributed by atoms with Gasteiger partial charge in [0.25, 0.3) is 0 Å². The molecular formula is C3H3ClOS2. The van der Waals surface area contributed by atoms with E-state index in [2.05, 4.69) is 12.2 Å². The van der Waals surface area contributed by atoms with Gasteiger partial charge in [0.1, 0.15) is 9.94 Å². The van der Waals surface area contributed by atoms with Crippen molar-refractivity contribution in [3.63, 3.8) is 0 Å². The number of thiocarbonyl (C=S) groups is 1. The van der Waals surface area contributed by atoms with Gasteiger partial charge < -0.3 is 4.79 Å². The zero-order chi connectivity index (χ0) is 5.70. The average molecular weight is 155 g/mol. The third-order valence-corrected chi connectivity index (χ3v) is 1.48. The standard InChI is InChI=1S/C3H3ClOS2/c4-3(6)7-2-1-5/h1H,2H2. The largest absolute Gasteiger partial charge is 0.302 e. The van der Waals surface area contributed by atoms with Gasteiger partial charge in [0.2, 0.25) is 0 Å². The summed E-state index contributed by atoms with van der Waals surface area (Å²) in [6.45, 7) is 0. The zero-order valence-electron chi connectivity index (χ0n) is 3.39. The van der Waals surface area contributed by atoms with Crippen LogP contribution in [-0.2, 0) is 4.79 Å². The summed E-state index contributed by atoms with van der Waals surface area (Å²) in [6.07, 6.45) is 0.763. The van der Waals surface area contributed by atoms with Crippen molar-refractivity contribution < 1.29 is 4.79 Å². The van der Waals surface area contributed by atoms with Gasteiger partial charge in [0.15, 0.2) is 0 Å². The van der Waals surface area contributed by atoms with Crippen LogP contribution in [0.3, 0.4) is 0 Å². The van der Waals surface area contributed by atoms with Crippen LogP contribution in [-0.4, -0.2) is 15.7 Å². The fourth-order valence-electron chi connectivity index (χ4n) is 0.0995. The van der Waals surface area contributed by atoms with Gasteiger partial charge in [-0.05, 0) is 0 Å². The van der Waals surface area contributed by atoms with Crippen LogP contribution in [0.25, 0.3) is 0 Å². The van der Waals surface area contributed by atoms with Crippen LogP contribution < -0.4 is 0 Å². The van der Waals surface area contributed by atoms with Crippen LogP contribution in [0.2, 0.25) is 0 Å². The van der Waals surface area contributed by atoms with Gasteiger partial charge in [0, 0.05) is 0 Å². The molecule has 0 aliphatic rings. The third kappa shape index (κ3) is 6.40. The van der Waals surface area contributed by atoms with Crippen molar-refractivity contribution in [2.24, 2.45) is 0 Å². The molecule has 0 aromatic carbocycles. The number of halogens is 1. The molecule has 0 aromatic heterocycles. The first-order valence-electron chi connectivity index (χ1n) is 1.53. The summed E-state index contributed by atoms with van der Waals surface area (Å²) in [6, 6.07) is 0. The van der Waals surface area contributed by atoms with E-state index in [-0.39, 0.29) is 0 Å². The maximum Gasteiger partial charge on any atom is 0.137 e. The number of rotatable bonds is 2. The lowest BCUT2D eigenvalue weighted by Gasteiger charge is -1.81. The lowest BCUT2D eigenvalue weighted by Crippen LogP contribution is -1.79. The van der Waals surface area contributed by atoms with Crippen LogP contribution in [0.5, 0.6) is 0 Å². The molecule has 0 heterocycles. The quantitative estimate of drug-likeness (QED) is 0.341. The highest BCUT2D eigenvalue weighted by Crippen LogP contribution is 2.04. The molecule has 0 radical (unpaired) electrons. The molecule has 0 spiro atoms. The first-order chi connectivity index (χ1) is 3.27. The summed E-state index contributed by atoms with van der Waals surface area (Å²) in [4.78, 5) is 9.57. The number of carbonyl (C=O) groups is 1. The minimum Gasteiger partial charge on any atom is -0.302 e. The van der Waals surface area contributed by atoms with E-state index >= 15 is 0 Å². The van der Waals surface area contributed by atoms with E-state index in [1.54, 1.807) is 0 Å². The lowest BCUT2D eigenvalue weighted by molar-refractivity contribution is -0.105. The van der Waals surface area contributed by atoms with E-state index in [9.17, 15) is 4.79 Å². The maximum absolute atomic E-state index is 9.57. The molecule has 0 saturated heterocycles. The fraction of sp³-hybridized carbons (Fsp3) is 0.333. The van der Waals surface area contributed by atoms with Crippen LogP contribution in [0.15, 0.2) is 0 Å². The second-order valence-corrected chi connectivity index (χ2v) is 3.24. The second-order valence-electron chi connectivity index (χ2n) is 0.715. The number of hydrogen-bond acceptors (Lipinski definition) is 3. The third-order valence-electron chi connectivity index (χ3n) is 0.265. The van der Waals surface area contributed by atoms with Crippen LogP contribution in [0.4, 0.5) is 0 Å². The molecule has 40 valence electrons. The molecule has 7 heavy (non-hydrogen) atoms. The van der Waals surface area contributed by atoms with Gasteiger partial charge in [-0.25, -0.2) is 0 Å².